The molecule has 0 N–H and O–H groups in total. The van der Waals surface area contributed by atoms with Gasteiger partial charge in [-0.2, -0.15) is 0 Å². The van der Waals surface area contributed by atoms with Crippen molar-refractivity contribution in [1.29, 1.82) is 0 Å². The second kappa shape index (κ2) is 9.64. The van der Waals surface area contributed by atoms with Crippen LogP contribution in [0, 0.1) is 12.3 Å². The van der Waals surface area contributed by atoms with Gasteiger partial charge in [0.2, 0.25) is 0 Å². The van der Waals surface area contributed by atoms with E-state index in [9.17, 15) is 14.4 Å². The van der Waals surface area contributed by atoms with Gasteiger partial charge < -0.3 is 19.1 Å². The van der Waals surface area contributed by atoms with Crippen molar-refractivity contribution in [2.24, 2.45) is 5.41 Å². The molecule has 0 aromatic heterocycles. The maximum absolute atomic E-state index is 13.6. The summed E-state index contributed by atoms with van der Waals surface area (Å²) >= 11 is 0. The molecule has 36 heavy (non-hydrogen) atoms. The largest absolute Gasteiger partial charge is 0.497 e. The molecule has 2 aromatic carbocycles. The number of hydrogen-bond donors (Lipinski definition) is 0. The SMILES string of the molecule is COC(=O)C1=C(C(=O)OC)C(c2ccc(C)cc2)N(c2ccc(OC)cc2)C2=C1C(=O)CC(C)(C)C2. The average Bonchev–Trinajstić information content (AvgIpc) is 2.86. The molecule has 188 valence electrons. The molecule has 1 aliphatic carbocycles. The summed E-state index contributed by atoms with van der Waals surface area (Å²) in [6, 6.07) is 14.5. The molecule has 1 aliphatic heterocycles. The highest BCUT2D eigenvalue weighted by molar-refractivity contribution is 6.17. The van der Waals surface area contributed by atoms with Gasteiger partial charge in [0.05, 0.1) is 44.1 Å². The molecule has 0 bridgehead atoms. The van der Waals surface area contributed by atoms with E-state index in [4.69, 9.17) is 14.2 Å². The van der Waals surface area contributed by atoms with Gasteiger partial charge in [-0.05, 0) is 48.6 Å². The van der Waals surface area contributed by atoms with Gasteiger partial charge in [0.25, 0.3) is 0 Å². The molecule has 0 spiro atoms. The third-order valence-corrected chi connectivity index (χ3v) is 6.73. The van der Waals surface area contributed by atoms with E-state index in [2.05, 4.69) is 0 Å². The molecule has 1 atom stereocenters. The van der Waals surface area contributed by atoms with E-state index < -0.39 is 18.0 Å². The topological polar surface area (TPSA) is 82.1 Å². The highest BCUT2D eigenvalue weighted by Crippen LogP contribution is 2.51. The van der Waals surface area contributed by atoms with Gasteiger partial charge >= 0.3 is 11.9 Å². The zero-order chi connectivity index (χ0) is 26.2. The lowest BCUT2D eigenvalue weighted by molar-refractivity contribution is -0.139. The Morgan fingerprint density at radius 3 is 2.06 bits per heavy atom. The summed E-state index contributed by atoms with van der Waals surface area (Å²) in [7, 11) is 4.11. The van der Waals surface area contributed by atoms with E-state index in [0.29, 0.717) is 17.9 Å². The Labute approximate surface area is 211 Å². The summed E-state index contributed by atoms with van der Waals surface area (Å²) in [5.74, 6) is -0.953. The van der Waals surface area contributed by atoms with Crippen LogP contribution in [0.2, 0.25) is 0 Å². The molecule has 1 heterocycles. The van der Waals surface area contributed by atoms with Crippen LogP contribution in [0.4, 0.5) is 5.69 Å². The zero-order valence-electron chi connectivity index (χ0n) is 21.5. The molecular weight excluding hydrogens is 458 g/mol. The van der Waals surface area contributed by atoms with Crippen LogP contribution < -0.4 is 9.64 Å². The monoisotopic (exact) mass is 489 g/mol. The first kappa shape index (κ1) is 25.2. The van der Waals surface area contributed by atoms with Crippen LogP contribution >= 0.6 is 0 Å². The van der Waals surface area contributed by atoms with Gasteiger partial charge in [-0.25, -0.2) is 9.59 Å². The van der Waals surface area contributed by atoms with Crippen molar-refractivity contribution < 1.29 is 28.6 Å². The molecule has 0 saturated carbocycles. The molecule has 7 heteroatoms. The number of aryl methyl sites for hydroxylation is 1. The van der Waals surface area contributed by atoms with Crippen molar-refractivity contribution in [2.75, 3.05) is 26.2 Å². The minimum Gasteiger partial charge on any atom is -0.497 e. The maximum atomic E-state index is 13.6. The van der Waals surface area contributed by atoms with E-state index in [1.54, 1.807) is 7.11 Å². The second-order valence-electron chi connectivity index (χ2n) is 9.92. The Hall–Kier alpha value is -3.87. The lowest BCUT2D eigenvalue weighted by Crippen LogP contribution is -2.44. The van der Waals surface area contributed by atoms with Crippen LogP contribution in [0.3, 0.4) is 0 Å². The molecule has 7 nitrogen and oxygen atoms in total. The summed E-state index contributed by atoms with van der Waals surface area (Å²) in [4.78, 5) is 42.2. The van der Waals surface area contributed by atoms with Gasteiger partial charge in [-0.3, -0.25) is 4.79 Å². The first-order valence-corrected chi connectivity index (χ1v) is 11.8. The van der Waals surface area contributed by atoms with E-state index in [-0.39, 0.29) is 34.3 Å². The third-order valence-electron chi connectivity index (χ3n) is 6.73. The molecule has 4 rings (SSSR count). The summed E-state index contributed by atoms with van der Waals surface area (Å²) in [5.41, 5.74) is 3.20. The highest BCUT2D eigenvalue weighted by atomic mass is 16.5. The molecule has 0 saturated heterocycles. The molecule has 0 amide bonds. The normalized spacial score (nSPS) is 19.1. The number of carbonyl (C=O) groups is 3. The number of ether oxygens (including phenoxy) is 3. The minimum absolute atomic E-state index is 0.0183. The fourth-order valence-electron chi connectivity index (χ4n) is 5.08. The van der Waals surface area contributed by atoms with E-state index in [1.165, 1.54) is 14.2 Å². The lowest BCUT2D eigenvalue weighted by atomic mass is 9.70. The van der Waals surface area contributed by atoms with Gasteiger partial charge in [0.15, 0.2) is 5.78 Å². The summed E-state index contributed by atoms with van der Waals surface area (Å²) < 4.78 is 15.6. The Balaban J connectivity index is 2.11. The molecule has 2 aromatic rings. The summed E-state index contributed by atoms with van der Waals surface area (Å²) in [5, 5.41) is 0. The van der Waals surface area contributed by atoms with Crippen molar-refractivity contribution >= 4 is 23.4 Å². The van der Waals surface area contributed by atoms with Crippen LogP contribution in [-0.2, 0) is 23.9 Å². The van der Waals surface area contributed by atoms with E-state index >= 15 is 0 Å². The fourth-order valence-corrected chi connectivity index (χ4v) is 5.08. The first-order chi connectivity index (χ1) is 17.1. The Kier molecular flexibility index (Phi) is 6.76. The Morgan fingerprint density at radius 1 is 0.889 bits per heavy atom. The van der Waals surface area contributed by atoms with Crippen LogP contribution in [0.5, 0.6) is 5.75 Å². The zero-order valence-corrected chi connectivity index (χ0v) is 21.5. The van der Waals surface area contributed by atoms with Crippen molar-refractivity contribution in [2.45, 2.75) is 39.7 Å². The lowest BCUT2D eigenvalue weighted by Gasteiger charge is -2.46. The molecule has 1 unspecified atom stereocenters. The maximum Gasteiger partial charge on any atom is 0.339 e. The number of anilines is 1. The van der Waals surface area contributed by atoms with E-state index in [1.807, 2.05) is 74.2 Å². The molecular formula is C29H31NO6. The number of methoxy groups -OCH3 is 3. The van der Waals surface area contributed by atoms with Gasteiger partial charge in [0.1, 0.15) is 5.75 Å². The standard InChI is InChI=1S/C29H31NO6/c1-17-7-9-18(10-8-17)26-25(28(33)36-6)24(27(32)35-5)23-21(15-29(2,3)16-22(23)31)30(26)19-11-13-20(34-4)14-12-19/h7-14,26H,15-16H2,1-6H3. The number of ketones is 1. The summed E-state index contributed by atoms with van der Waals surface area (Å²) in [6.07, 6.45) is 0.768. The number of benzene rings is 2. The number of hydrogen-bond acceptors (Lipinski definition) is 7. The van der Waals surface area contributed by atoms with E-state index in [0.717, 1.165) is 16.8 Å². The van der Waals surface area contributed by atoms with Crippen LogP contribution in [0.1, 0.15) is 43.9 Å². The van der Waals surface area contributed by atoms with Crippen molar-refractivity contribution in [3.63, 3.8) is 0 Å². The summed E-state index contributed by atoms with van der Waals surface area (Å²) in [6.45, 7) is 6.03. The number of carbonyl (C=O) groups excluding carboxylic acids is 3. The smallest absolute Gasteiger partial charge is 0.339 e. The minimum atomic E-state index is -0.734. The Morgan fingerprint density at radius 2 is 1.50 bits per heavy atom. The predicted molar refractivity (Wildman–Crippen MR) is 135 cm³/mol. The molecule has 2 aliphatic rings. The number of allylic oxidation sites excluding steroid dienone is 1. The average molecular weight is 490 g/mol. The quantitative estimate of drug-likeness (QED) is 0.555. The number of Topliss-reactive ketones (excluding diaryl/α,β-unsaturated/α-hetero) is 1. The van der Waals surface area contributed by atoms with Crippen LogP contribution in [-0.4, -0.2) is 39.1 Å². The van der Waals surface area contributed by atoms with Crippen molar-refractivity contribution in [1.82, 2.24) is 0 Å². The number of rotatable bonds is 5. The predicted octanol–water partition coefficient (Wildman–Crippen LogP) is 4.85. The van der Waals surface area contributed by atoms with Crippen molar-refractivity contribution in [3.05, 3.63) is 82.1 Å². The highest BCUT2D eigenvalue weighted by Gasteiger charge is 2.48. The number of nitrogens with zero attached hydrogens (tertiary/aromatic N) is 1. The van der Waals surface area contributed by atoms with Gasteiger partial charge in [0, 0.05) is 17.8 Å². The Bertz CT molecular complexity index is 1270. The van der Waals surface area contributed by atoms with Gasteiger partial charge in [-0.1, -0.05) is 43.7 Å². The van der Waals surface area contributed by atoms with Gasteiger partial charge in [-0.15, -0.1) is 0 Å². The third kappa shape index (κ3) is 4.41. The number of esters is 2. The van der Waals surface area contributed by atoms with Crippen LogP contribution in [0.25, 0.3) is 0 Å². The second-order valence-corrected chi connectivity index (χ2v) is 9.92. The van der Waals surface area contributed by atoms with Crippen LogP contribution in [0.15, 0.2) is 70.9 Å². The van der Waals surface area contributed by atoms with Crippen molar-refractivity contribution in [3.8, 4) is 5.75 Å². The molecule has 0 fully saturated rings. The molecule has 0 radical (unpaired) electrons. The fraction of sp³-hybridized carbons (Fsp3) is 0.345. The first-order valence-electron chi connectivity index (χ1n) is 11.8.